The topological polar surface area (TPSA) is 175 Å². The summed E-state index contributed by atoms with van der Waals surface area (Å²) in [7, 11) is -3.91. The van der Waals surface area contributed by atoms with Crippen LogP contribution in [0.1, 0.15) is 60.5 Å². The molecule has 0 aliphatic heterocycles. The van der Waals surface area contributed by atoms with Gasteiger partial charge in [-0.2, -0.15) is 4.31 Å². The van der Waals surface area contributed by atoms with Crippen molar-refractivity contribution in [1.82, 2.24) is 19.9 Å². The van der Waals surface area contributed by atoms with Crippen LogP contribution >= 0.6 is 0 Å². The monoisotopic (exact) mass is 687 g/mol. The SMILES string of the molecule is CC(C)CN([C@H](CO)CCCCNC(=O)[C@@H](NC(=O)c1c[nH]ccc1=O)C(c1ccccc1)c1ccccc1)S(=O)(=O)c1ccc(N)cc1. The zero-order valence-corrected chi connectivity index (χ0v) is 28.6. The predicted molar refractivity (Wildman–Crippen MR) is 190 cm³/mol. The molecule has 260 valence electrons. The van der Waals surface area contributed by atoms with Crippen LogP contribution < -0.4 is 21.8 Å². The number of aliphatic hydroxyl groups is 1. The van der Waals surface area contributed by atoms with Crippen LogP contribution in [0.2, 0.25) is 0 Å². The first-order valence-electron chi connectivity index (χ1n) is 16.4. The fraction of sp³-hybridized carbons (Fsp3) is 0.324. The van der Waals surface area contributed by atoms with Crippen molar-refractivity contribution in [3.05, 3.63) is 130 Å². The maximum absolute atomic E-state index is 13.9. The Morgan fingerprint density at radius 3 is 2.06 bits per heavy atom. The number of nitrogen functional groups attached to an aromatic ring is 1. The molecule has 0 saturated heterocycles. The molecule has 0 aliphatic carbocycles. The summed E-state index contributed by atoms with van der Waals surface area (Å²) in [5.41, 5.74) is 7.22. The van der Waals surface area contributed by atoms with E-state index in [1.807, 2.05) is 74.5 Å². The van der Waals surface area contributed by atoms with Crippen molar-refractivity contribution in [2.45, 2.75) is 56.0 Å². The van der Waals surface area contributed by atoms with Crippen molar-refractivity contribution < 1.29 is 23.1 Å². The van der Waals surface area contributed by atoms with E-state index in [1.165, 1.54) is 47.0 Å². The highest BCUT2D eigenvalue weighted by Gasteiger charge is 2.34. The molecule has 11 nitrogen and oxygen atoms in total. The summed E-state index contributed by atoms with van der Waals surface area (Å²) in [5.74, 6) is -1.68. The molecule has 6 N–H and O–H groups in total. The number of nitrogens with two attached hydrogens (primary N) is 1. The maximum atomic E-state index is 13.9. The normalized spacial score (nSPS) is 12.9. The highest BCUT2D eigenvalue weighted by atomic mass is 32.2. The van der Waals surface area contributed by atoms with Gasteiger partial charge in [-0.15, -0.1) is 0 Å². The van der Waals surface area contributed by atoms with E-state index in [0.717, 1.165) is 11.1 Å². The van der Waals surface area contributed by atoms with Gasteiger partial charge in [0.05, 0.1) is 11.5 Å². The standard InChI is InChI=1S/C37H45N5O6S/c1-26(2)24-42(49(47,48)31-18-16-29(38)17-19-31)30(25-43)15-9-10-21-40-37(46)35(41-36(45)32-23-39-22-20-33(32)44)34(27-11-5-3-6-12-27)28-13-7-4-8-14-28/h3-8,11-14,16-20,22-23,26,30,34-35,43H,9-10,15,21,24-25,38H2,1-2H3,(H,39,44)(H,40,46)(H,41,45)/t30-,35-/m0/s1. The smallest absolute Gasteiger partial charge is 0.257 e. The molecule has 3 aromatic carbocycles. The van der Waals surface area contributed by atoms with Crippen LogP contribution in [0, 0.1) is 5.92 Å². The van der Waals surface area contributed by atoms with Crippen LogP contribution in [0.4, 0.5) is 5.69 Å². The Hall–Kier alpha value is -4.78. The predicted octanol–water partition coefficient (Wildman–Crippen LogP) is 3.88. The Morgan fingerprint density at radius 1 is 0.898 bits per heavy atom. The number of H-pyrrole nitrogens is 1. The van der Waals surface area contributed by atoms with Gasteiger partial charge in [0.1, 0.15) is 11.6 Å². The molecule has 4 aromatic rings. The molecule has 4 rings (SSSR count). The van der Waals surface area contributed by atoms with E-state index >= 15 is 0 Å². The zero-order chi connectivity index (χ0) is 35.4. The number of nitrogens with zero attached hydrogens (tertiary/aromatic N) is 1. The first-order chi connectivity index (χ1) is 23.5. The van der Waals surface area contributed by atoms with Crippen molar-refractivity contribution in [2.24, 2.45) is 5.92 Å². The summed E-state index contributed by atoms with van der Waals surface area (Å²) in [6, 6.07) is 24.2. The lowest BCUT2D eigenvalue weighted by atomic mass is 9.84. The molecular weight excluding hydrogens is 643 g/mol. The van der Waals surface area contributed by atoms with Crippen LogP contribution in [0.25, 0.3) is 0 Å². The average Bonchev–Trinajstić information content (AvgIpc) is 3.10. The van der Waals surface area contributed by atoms with Gasteiger partial charge < -0.3 is 26.5 Å². The third kappa shape index (κ3) is 9.88. The molecule has 2 atom stereocenters. The van der Waals surface area contributed by atoms with Gasteiger partial charge in [-0.1, -0.05) is 80.9 Å². The number of aliphatic hydroxyl groups excluding tert-OH is 1. The lowest BCUT2D eigenvalue weighted by molar-refractivity contribution is -0.123. The van der Waals surface area contributed by atoms with Gasteiger partial charge in [-0.25, -0.2) is 8.42 Å². The lowest BCUT2D eigenvalue weighted by Gasteiger charge is -2.31. The first kappa shape index (κ1) is 37.0. The number of hydrogen-bond donors (Lipinski definition) is 5. The number of sulfonamides is 1. The minimum Gasteiger partial charge on any atom is -0.399 e. The van der Waals surface area contributed by atoms with Crippen molar-refractivity contribution in [3.63, 3.8) is 0 Å². The third-order valence-electron chi connectivity index (χ3n) is 8.20. The van der Waals surface area contributed by atoms with Gasteiger partial charge >= 0.3 is 0 Å². The summed E-state index contributed by atoms with van der Waals surface area (Å²) in [6.07, 6.45) is 4.09. The Kier molecular flexibility index (Phi) is 13.3. The average molecular weight is 688 g/mol. The minimum absolute atomic E-state index is 0.0117. The second-order valence-electron chi connectivity index (χ2n) is 12.3. The molecule has 1 heterocycles. The zero-order valence-electron chi connectivity index (χ0n) is 27.8. The third-order valence-corrected chi connectivity index (χ3v) is 10.1. The summed E-state index contributed by atoms with van der Waals surface area (Å²) in [4.78, 5) is 42.6. The number of pyridine rings is 1. The van der Waals surface area contributed by atoms with E-state index in [4.69, 9.17) is 5.73 Å². The fourth-order valence-electron chi connectivity index (χ4n) is 5.74. The summed E-state index contributed by atoms with van der Waals surface area (Å²) in [5, 5.41) is 16.1. The lowest BCUT2D eigenvalue weighted by Crippen LogP contribution is -2.51. The molecule has 0 radical (unpaired) electrons. The molecule has 49 heavy (non-hydrogen) atoms. The Bertz CT molecular complexity index is 1780. The Morgan fingerprint density at radius 2 is 1.51 bits per heavy atom. The van der Waals surface area contributed by atoms with Crippen molar-refractivity contribution in [2.75, 3.05) is 25.4 Å². The number of hydrogen-bond acceptors (Lipinski definition) is 7. The first-order valence-corrected chi connectivity index (χ1v) is 17.8. The molecule has 2 amide bonds. The molecule has 0 fully saturated rings. The molecular formula is C37H45N5O6S. The van der Waals surface area contributed by atoms with Crippen LogP contribution in [0.3, 0.4) is 0 Å². The number of aromatic nitrogens is 1. The molecule has 1 aromatic heterocycles. The van der Waals surface area contributed by atoms with Crippen molar-refractivity contribution in [3.8, 4) is 0 Å². The molecule has 0 saturated carbocycles. The summed E-state index contributed by atoms with van der Waals surface area (Å²) < 4.78 is 28.6. The number of nitrogens with one attached hydrogen (secondary N) is 3. The molecule has 0 bridgehead atoms. The number of amides is 2. The Labute approximate surface area is 287 Å². The summed E-state index contributed by atoms with van der Waals surface area (Å²) >= 11 is 0. The van der Waals surface area contributed by atoms with E-state index in [2.05, 4.69) is 15.6 Å². The van der Waals surface area contributed by atoms with Gasteiger partial charge in [0, 0.05) is 49.2 Å². The number of anilines is 1. The number of carbonyl (C=O) groups is 2. The number of rotatable bonds is 17. The second kappa shape index (κ2) is 17.6. The van der Waals surface area contributed by atoms with Crippen LogP contribution in [0.5, 0.6) is 0 Å². The van der Waals surface area contributed by atoms with E-state index < -0.39 is 45.3 Å². The number of unbranched alkanes of at least 4 members (excludes halogenated alkanes) is 1. The fourth-order valence-corrected chi connectivity index (χ4v) is 7.55. The van der Waals surface area contributed by atoms with Gasteiger partial charge in [-0.05, 0) is 54.2 Å². The van der Waals surface area contributed by atoms with Gasteiger partial charge in [0.15, 0.2) is 5.43 Å². The maximum Gasteiger partial charge on any atom is 0.257 e. The number of carbonyl (C=O) groups excluding carboxylic acids is 2. The summed E-state index contributed by atoms with van der Waals surface area (Å²) in [6.45, 7) is 3.92. The van der Waals surface area contributed by atoms with Crippen molar-refractivity contribution in [1.29, 1.82) is 0 Å². The van der Waals surface area contributed by atoms with Gasteiger partial charge in [0.25, 0.3) is 5.91 Å². The second-order valence-corrected chi connectivity index (χ2v) is 14.2. The van der Waals surface area contributed by atoms with Crippen LogP contribution in [-0.4, -0.2) is 66.4 Å². The number of benzene rings is 3. The number of aromatic amines is 1. The van der Waals surface area contributed by atoms with E-state index in [1.54, 1.807) is 0 Å². The quantitative estimate of drug-likeness (QED) is 0.0827. The largest absolute Gasteiger partial charge is 0.399 e. The molecule has 0 spiro atoms. The molecule has 12 heteroatoms. The van der Waals surface area contributed by atoms with Gasteiger partial charge in [-0.3, -0.25) is 14.4 Å². The van der Waals surface area contributed by atoms with Gasteiger partial charge in [0.2, 0.25) is 15.9 Å². The molecule has 0 unspecified atom stereocenters. The van der Waals surface area contributed by atoms with Crippen LogP contribution in [-0.2, 0) is 14.8 Å². The minimum atomic E-state index is -3.91. The van der Waals surface area contributed by atoms with Crippen molar-refractivity contribution >= 4 is 27.5 Å². The van der Waals surface area contributed by atoms with Crippen LogP contribution in [0.15, 0.2) is 113 Å². The molecule has 0 aliphatic rings. The van der Waals surface area contributed by atoms with E-state index in [-0.39, 0.29) is 36.1 Å². The van der Waals surface area contributed by atoms with E-state index in [9.17, 15) is 27.9 Å². The van der Waals surface area contributed by atoms with E-state index in [0.29, 0.717) is 24.9 Å². The highest BCUT2D eigenvalue weighted by molar-refractivity contribution is 7.89. The highest BCUT2D eigenvalue weighted by Crippen LogP contribution is 2.29. The Balaban J connectivity index is 1.50.